The number of amides is 2. The third-order valence-electron chi connectivity index (χ3n) is 3.42. The lowest BCUT2D eigenvalue weighted by Gasteiger charge is -2.16. The minimum Gasteiger partial charge on any atom is -0.332 e. The maximum absolute atomic E-state index is 12.0. The molecule has 0 aliphatic carbocycles. The molecule has 0 saturated heterocycles. The van der Waals surface area contributed by atoms with Gasteiger partial charge in [-0.25, -0.2) is 0 Å². The quantitative estimate of drug-likeness (QED) is 0.840. The fraction of sp³-hybridized carbons (Fsp3) is 0.167. The summed E-state index contributed by atoms with van der Waals surface area (Å²) in [5.74, 6) is -0.249. The lowest BCUT2D eigenvalue weighted by molar-refractivity contribution is -0.119. The predicted octanol–water partition coefficient (Wildman–Crippen LogP) is 2.73. The number of hydrogen-bond acceptors (Lipinski definition) is 3. The van der Waals surface area contributed by atoms with E-state index in [-0.39, 0.29) is 23.3 Å². The molecule has 2 amide bonds. The molecule has 2 N–H and O–H groups in total. The van der Waals surface area contributed by atoms with Gasteiger partial charge in [0.25, 0.3) is 0 Å². The summed E-state index contributed by atoms with van der Waals surface area (Å²) in [5, 5.41) is 5.82. The molecule has 0 atom stereocenters. The summed E-state index contributed by atoms with van der Waals surface area (Å²) in [6, 6.07) is 16.7. The average Bonchev–Trinajstić information content (AvgIpc) is 2.54. The van der Waals surface area contributed by atoms with Crippen molar-refractivity contribution < 1.29 is 9.59 Å². The van der Waals surface area contributed by atoms with Gasteiger partial charge in [0.1, 0.15) is 0 Å². The number of nitrogens with one attached hydrogen (secondary N) is 2. The van der Waals surface area contributed by atoms with Gasteiger partial charge < -0.3 is 15.5 Å². The van der Waals surface area contributed by atoms with Crippen molar-refractivity contribution in [3.05, 3.63) is 60.2 Å². The van der Waals surface area contributed by atoms with E-state index in [2.05, 4.69) is 10.6 Å². The summed E-state index contributed by atoms with van der Waals surface area (Å²) < 4.78 is 0. The Hall–Kier alpha value is -2.73. The van der Waals surface area contributed by atoms with Crippen LogP contribution in [0, 0.1) is 0 Å². The summed E-state index contributed by atoms with van der Waals surface area (Å²) in [7, 11) is 1.70. The topological polar surface area (TPSA) is 61.4 Å². The molecule has 0 spiro atoms. The van der Waals surface area contributed by atoms with Gasteiger partial charge in [0.2, 0.25) is 11.8 Å². The van der Waals surface area contributed by atoms with Crippen molar-refractivity contribution in [1.29, 1.82) is 0 Å². The largest absolute Gasteiger partial charge is 0.332 e. The summed E-state index contributed by atoms with van der Waals surface area (Å²) in [6.07, 6.45) is 0.260. The fourth-order valence-electron chi connectivity index (χ4n) is 2.09. The maximum atomic E-state index is 12.0. The Kier molecular flexibility index (Phi) is 6.03. The van der Waals surface area contributed by atoms with Crippen LogP contribution >= 0.6 is 12.2 Å². The van der Waals surface area contributed by atoms with Crippen LogP contribution in [0.15, 0.2) is 54.6 Å². The Morgan fingerprint density at radius 1 is 1.08 bits per heavy atom. The second-order valence-electron chi connectivity index (χ2n) is 5.29. The van der Waals surface area contributed by atoms with E-state index in [0.29, 0.717) is 5.69 Å². The molecule has 0 radical (unpaired) electrons. The highest BCUT2D eigenvalue weighted by atomic mass is 32.1. The lowest BCUT2D eigenvalue weighted by atomic mass is 10.1. The molecule has 2 aromatic rings. The van der Waals surface area contributed by atoms with Crippen LogP contribution in [-0.2, 0) is 16.0 Å². The highest BCUT2D eigenvalue weighted by Gasteiger charge is 2.08. The second kappa shape index (κ2) is 8.21. The number of carbonyl (C=O) groups is 2. The van der Waals surface area contributed by atoms with Crippen LogP contribution in [0.4, 0.5) is 11.4 Å². The zero-order valence-corrected chi connectivity index (χ0v) is 14.4. The van der Waals surface area contributed by atoms with E-state index in [1.54, 1.807) is 13.1 Å². The Balaban J connectivity index is 1.93. The van der Waals surface area contributed by atoms with Crippen LogP contribution in [0.1, 0.15) is 12.5 Å². The number of rotatable bonds is 4. The monoisotopic (exact) mass is 341 g/mol. The number of anilines is 2. The number of nitrogens with zero attached hydrogens (tertiary/aromatic N) is 1. The van der Waals surface area contributed by atoms with Crippen LogP contribution in [0.5, 0.6) is 0 Å². The highest BCUT2D eigenvalue weighted by Crippen LogP contribution is 2.18. The van der Waals surface area contributed by atoms with E-state index in [0.717, 1.165) is 11.3 Å². The molecule has 124 valence electrons. The first-order valence-corrected chi connectivity index (χ1v) is 7.85. The number of thiocarbonyl (C=S) groups is 1. The number of benzene rings is 2. The molecular formula is C18H19N3O2S. The number of carbonyl (C=O) groups excluding carboxylic acids is 2. The Morgan fingerprint density at radius 3 is 2.46 bits per heavy atom. The summed E-state index contributed by atoms with van der Waals surface area (Å²) >= 11 is 5.17. The van der Waals surface area contributed by atoms with Crippen molar-refractivity contribution in [2.75, 3.05) is 17.3 Å². The normalized spacial score (nSPS) is 9.92. The van der Waals surface area contributed by atoms with Gasteiger partial charge in [-0.2, -0.15) is 0 Å². The van der Waals surface area contributed by atoms with E-state index in [4.69, 9.17) is 12.2 Å². The van der Waals surface area contributed by atoms with E-state index >= 15 is 0 Å². The molecule has 0 aliphatic rings. The van der Waals surface area contributed by atoms with Gasteiger partial charge in [-0.15, -0.1) is 0 Å². The minimum absolute atomic E-state index is 0.0640. The van der Waals surface area contributed by atoms with E-state index in [1.165, 1.54) is 11.8 Å². The average molecular weight is 341 g/mol. The van der Waals surface area contributed by atoms with E-state index < -0.39 is 0 Å². The molecule has 5 nitrogen and oxygen atoms in total. The first kappa shape index (κ1) is 17.6. The summed E-state index contributed by atoms with van der Waals surface area (Å²) in [4.78, 5) is 24.9. The van der Waals surface area contributed by atoms with Gasteiger partial charge in [0, 0.05) is 25.3 Å². The molecule has 0 saturated carbocycles. The van der Waals surface area contributed by atoms with E-state index in [9.17, 15) is 9.59 Å². The van der Waals surface area contributed by atoms with E-state index in [1.807, 2.05) is 48.5 Å². The van der Waals surface area contributed by atoms with Gasteiger partial charge in [-0.1, -0.05) is 36.4 Å². The predicted molar refractivity (Wildman–Crippen MR) is 100 cm³/mol. The maximum Gasteiger partial charge on any atom is 0.230 e. The van der Waals surface area contributed by atoms with Gasteiger partial charge in [0.15, 0.2) is 5.11 Å². The second-order valence-corrected chi connectivity index (χ2v) is 5.70. The Morgan fingerprint density at radius 2 is 1.79 bits per heavy atom. The Bertz CT molecular complexity index is 747. The SMILES string of the molecule is CC(=O)N(C)c1cccc(NC(=S)NC(=O)Cc2ccccc2)c1. The fourth-order valence-corrected chi connectivity index (χ4v) is 2.32. The van der Waals surface area contributed by atoms with Gasteiger partial charge in [-0.05, 0) is 36.0 Å². The van der Waals surface area contributed by atoms with Crippen molar-refractivity contribution in [2.45, 2.75) is 13.3 Å². The molecule has 0 aromatic heterocycles. The first-order chi connectivity index (χ1) is 11.5. The third kappa shape index (κ3) is 5.17. The molecule has 0 aliphatic heterocycles. The molecule has 2 rings (SSSR count). The molecule has 0 fully saturated rings. The smallest absolute Gasteiger partial charge is 0.230 e. The molecule has 6 heteroatoms. The van der Waals surface area contributed by atoms with Crippen LogP contribution < -0.4 is 15.5 Å². The molecular weight excluding hydrogens is 322 g/mol. The minimum atomic E-state index is -0.185. The Labute approximate surface area is 146 Å². The first-order valence-electron chi connectivity index (χ1n) is 7.45. The summed E-state index contributed by atoms with van der Waals surface area (Å²) in [6.45, 7) is 1.49. The number of hydrogen-bond donors (Lipinski definition) is 2. The third-order valence-corrected chi connectivity index (χ3v) is 3.63. The van der Waals surface area contributed by atoms with Crippen molar-refractivity contribution in [3.63, 3.8) is 0 Å². The molecule has 2 aromatic carbocycles. The van der Waals surface area contributed by atoms with Crippen molar-refractivity contribution in [1.82, 2.24) is 5.32 Å². The molecule has 0 heterocycles. The van der Waals surface area contributed by atoms with Crippen LogP contribution in [0.2, 0.25) is 0 Å². The highest BCUT2D eigenvalue weighted by molar-refractivity contribution is 7.80. The van der Waals surface area contributed by atoms with Crippen molar-refractivity contribution >= 4 is 40.5 Å². The van der Waals surface area contributed by atoms with Gasteiger partial charge in [-0.3, -0.25) is 9.59 Å². The molecule has 0 bridgehead atoms. The lowest BCUT2D eigenvalue weighted by Crippen LogP contribution is -2.35. The van der Waals surface area contributed by atoms with Crippen LogP contribution in [0.25, 0.3) is 0 Å². The summed E-state index contributed by atoms with van der Waals surface area (Å²) in [5.41, 5.74) is 2.36. The van der Waals surface area contributed by atoms with Crippen LogP contribution in [0.3, 0.4) is 0 Å². The standard InChI is InChI=1S/C18H19N3O2S/c1-13(22)21(2)16-10-6-9-15(12-16)19-18(24)20-17(23)11-14-7-4-3-5-8-14/h3-10,12H,11H2,1-2H3,(H2,19,20,23,24). The molecule has 24 heavy (non-hydrogen) atoms. The van der Waals surface area contributed by atoms with Crippen molar-refractivity contribution in [2.24, 2.45) is 0 Å². The van der Waals surface area contributed by atoms with Crippen LogP contribution in [-0.4, -0.2) is 24.0 Å². The zero-order chi connectivity index (χ0) is 17.5. The van der Waals surface area contributed by atoms with Gasteiger partial charge >= 0.3 is 0 Å². The molecule has 0 unspecified atom stereocenters. The van der Waals surface area contributed by atoms with Crippen molar-refractivity contribution in [3.8, 4) is 0 Å². The van der Waals surface area contributed by atoms with Gasteiger partial charge in [0.05, 0.1) is 6.42 Å². The zero-order valence-electron chi connectivity index (χ0n) is 13.6.